The Labute approximate surface area is 123 Å². The van der Waals surface area contributed by atoms with Crippen LogP contribution in [0.4, 0.5) is 4.39 Å². The van der Waals surface area contributed by atoms with Crippen LogP contribution in [0.2, 0.25) is 0 Å². The third-order valence-corrected chi connectivity index (χ3v) is 3.62. The molecule has 21 heavy (non-hydrogen) atoms. The van der Waals surface area contributed by atoms with Gasteiger partial charge in [0.15, 0.2) is 0 Å². The van der Waals surface area contributed by atoms with Gasteiger partial charge in [-0.3, -0.25) is 0 Å². The monoisotopic (exact) mass is 287 g/mol. The highest BCUT2D eigenvalue weighted by molar-refractivity contribution is 6.01. The lowest BCUT2D eigenvalue weighted by Gasteiger charge is -2.21. The predicted molar refractivity (Wildman–Crippen MR) is 80.5 cm³/mol. The number of hydrogen-bond donors (Lipinski definition) is 0. The molecule has 0 spiro atoms. The minimum absolute atomic E-state index is 0.273. The van der Waals surface area contributed by atoms with E-state index in [9.17, 15) is 9.18 Å². The van der Waals surface area contributed by atoms with Crippen LogP contribution in [-0.4, -0.2) is 11.7 Å². The van der Waals surface area contributed by atoms with Gasteiger partial charge < -0.3 is 4.84 Å². The zero-order valence-corrected chi connectivity index (χ0v) is 12.2. The highest BCUT2D eigenvalue weighted by atomic mass is 19.1. The number of nitrogens with zero attached hydrogens (tertiary/aromatic N) is 1. The van der Waals surface area contributed by atoms with E-state index < -0.39 is 11.8 Å². The van der Waals surface area contributed by atoms with Gasteiger partial charge >= 0.3 is 5.97 Å². The molecule has 1 aromatic carbocycles. The van der Waals surface area contributed by atoms with Crippen LogP contribution in [0, 0.1) is 11.7 Å². The predicted octanol–water partition coefficient (Wildman–Crippen LogP) is 4.27. The van der Waals surface area contributed by atoms with Crippen molar-refractivity contribution in [1.29, 1.82) is 0 Å². The second-order valence-corrected chi connectivity index (χ2v) is 5.29. The Balaban J connectivity index is 2.07. The first-order valence-corrected chi connectivity index (χ1v) is 6.83. The summed E-state index contributed by atoms with van der Waals surface area (Å²) in [7, 11) is 0. The first kappa shape index (κ1) is 15.2. The molecule has 0 fully saturated rings. The van der Waals surface area contributed by atoms with Crippen molar-refractivity contribution in [2.75, 3.05) is 0 Å². The highest BCUT2D eigenvalue weighted by Crippen LogP contribution is 2.26. The number of halogens is 1. The van der Waals surface area contributed by atoms with Gasteiger partial charge in [-0.15, -0.1) is 0 Å². The fourth-order valence-corrected chi connectivity index (χ4v) is 2.13. The van der Waals surface area contributed by atoms with Gasteiger partial charge in [-0.25, -0.2) is 9.18 Å². The lowest BCUT2D eigenvalue weighted by atomic mass is 9.85. The number of allylic oxidation sites excluding steroid dienone is 3. The summed E-state index contributed by atoms with van der Waals surface area (Å²) < 4.78 is 12.8. The van der Waals surface area contributed by atoms with Crippen molar-refractivity contribution in [1.82, 2.24) is 0 Å². The molecule has 1 aliphatic rings. The topological polar surface area (TPSA) is 38.7 Å². The summed E-state index contributed by atoms with van der Waals surface area (Å²) in [6.07, 6.45) is 3.73. The molecular formula is C17H18FNO2. The fraction of sp³-hybridized carbons (Fsp3) is 0.294. The van der Waals surface area contributed by atoms with Crippen molar-refractivity contribution in [3.05, 3.63) is 59.4 Å². The summed E-state index contributed by atoms with van der Waals surface area (Å²) in [6, 6.07) is 5.18. The van der Waals surface area contributed by atoms with Gasteiger partial charge in [0.1, 0.15) is 5.82 Å². The number of oxime groups is 1. The minimum atomic E-state index is -0.590. The molecule has 0 radical (unpaired) electrons. The van der Waals surface area contributed by atoms with Crippen LogP contribution in [-0.2, 0) is 4.84 Å². The normalized spacial score (nSPS) is 20.0. The Bertz CT molecular complexity index is 614. The first-order chi connectivity index (χ1) is 9.97. The molecule has 1 aliphatic carbocycles. The Morgan fingerprint density at radius 2 is 2.05 bits per heavy atom. The van der Waals surface area contributed by atoms with Crippen LogP contribution in [0.3, 0.4) is 0 Å². The molecule has 1 aromatic rings. The molecule has 0 amide bonds. The number of benzene rings is 1. The maximum absolute atomic E-state index is 12.8. The zero-order valence-electron chi connectivity index (χ0n) is 12.2. The van der Waals surface area contributed by atoms with E-state index in [4.69, 9.17) is 4.84 Å². The molecule has 0 saturated carbocycles. The highest BCUT2D eigenvalue weighted by Gasteiger charge is 2.19. The van der Waals surface area contributed by atoms with E-state index in [2.05, 4.69) is 17.8 Å². The van der Waals surface area contributed by atoms with Crippen molar-refractivity contribution in [2.45, 2.75) is 26.7 Å². The molecule has 4 heteroatoms. The third kappa shape index (κ3) is 3.88. The van der Waals surface area contributed by atoms with E-state index in [1.807, 2.05) is 13.8 Å². The van der Waals surface area contributed by atoms with Crippen molar-refractivity contribution in [3.8, 4) is 0 Å². The van der Waals surface area contributed by atoms with Gasteiger partial charge in [0.25, 0.3) is 0 Å². The molecule has 0 aromatic heterocycles. The van der Waals surface area contributed by atoms with Gasteiger partial charge in [-0.05, 0) is 56.0 Å². The van der Waals surface area contributed by atoms with E-state index in [0.717, 1.165) is 23.3 Å². The van der Waals surface area contributed by atoms with Gasteiger partial charge in [0.2, 0.25) is 0 Å². The van der Waals surface area contributed by atoms with Crippen LogP contribution >= 0.6 is 0 Å². The summed E-state index contributed by atoms with van der Waals surface area (Å²) in [5.74, 6) is -0.655. The molecule has 0 bridgehead atoms. The molecule has 3 nitrogen and oxygen atoms in total. The van der Waals surface area contributed by atoms with E-state index in [1.54, 1.807) is 0 Å². The number of hydrogen-bond acceptors (Lipinski definition) is 3. The van der Waals surface area contributed by atoms with E-state index >= 15 is 0 Å². The van der Waals surface area contributed by atoms with Gasteiger partial charge in [0, 0.05) is 6.42 Å². The fourth-order valence-electron chi connectivity index (χ4n) is 2.13. The Morgan fingerprint density at radius 3 is 2.67 bits per heavy atom. The summed E-state index contributed by atoms with van der Waals surface area (Å²) >= 11 is 0. The molecule has 2 rings (SSSR count). The van der Waals surface area contributed by atoms with Crippen LogP contribution in [0.15, 0.2) is 53.2 Å². The largest absolute Gasteiger partial charge is 0.365 e. The molecule has 0 N–H and O–H groups in total. The summed E-state index contributed by atoms with van der Waals surface area (Å²) in [4.78, 5) is 16.8. The zero-order chi connectivity index (χ0) is 15.4. The van der Waals surface area contributed by atoms with Crippen molar-refractivity contribution in [2.24, 2.45) is 11.1 Å². The summed E-state index contributed by atoms with van der Waals surface area (Å²) in [5.41, 5.74) is 3.13. The Hall–Kier alpha value is -2.23. The Kier molecular flexibility index (Phi) is 4.68. The van der Waals surface area contributed by atoms with Crippen LogP contribution in [0.25, 0.3) is 0 Å². The van der Waals surface area contributed by atoms with Gasteiger partial charge in [-0.2, -0.15) is 0 Å². The van der Waals surface area contributed by atoms with E-state index in [1.165, 1.54) is 24.3 Å². The van der Waals surface area contributed by atoms with Gasteiger partial charge in [0.05, 0.1) is 11.3 Å². The maximum Gasteiger partial charge on any atom is 0.365 e. The van der Waals surface area contributed by atoms with Crippen molar-refractivity contribution < 1.29 is 14.0 Å². The molecule has 0 unspecified atom stereocenters. The number of rotatable bonds is 3. The molecule has 110 valence electrons. The van der Waals surface area contributed by atoms with Crippen LogP contribution in [0.1, 0.15) is 37.0 Å². The molecule has 0 heterocycles. The summed E-state index contributed by atoms with van der Waals surface area (Å²) in [6.45, 7) is 7.89. The molecular weight excluding hydrogens is 269 g/mol. The van der Waals surface area contributed by atoms with Crippen molar-refractivity contribution in [3.63, 3.8) is 0 Å². The smallest absolute Gasteiger partial charge is 0.313 e. The van der Waals surface area contributed by atoms with Gasteiger partial charge in [-0.1, -0.05) is 23.4 Å². The van der Waals surface area contributed by atoms with Crippen LogP contribution < -0.4 is 0 Å². The Morgan fingerprint density at radius 1 is 1.38 bits per heavy atom. The quantitative estimate of drug-likeness (QED) is 0.473. The lowest BCUT2D eigenvalue weighted by molar-refractivity contribution is 0.0515. The van der Waals surface area contributed by atoms with E-state index in [-0.39, 0.29) is 5.56 Å². The third-order valence-electron chi connectivity index (χ3n) is 3.62. The lowest BCUT2D eigenvalue weighted by Crippen LogP contribution is -2.16. The average molecular weight is 287 g/mol. The average Bonchev–Trinajstić information content (AvgIpc) is 2.46. The van der Waals surface area contributed by atoms with Crippen molar-refractivity contribution >= 4 is 11.7 Å². The molecule has 1 atom stereocenters. The second kappa shape index (κ2) is 6.48. The van der Waals surface area contributed by atoms with E-state index in [0.29, 0.717) is 12.3 Å². The minimum Gasteiger partial charge on any atom is -0.313 e. The first-order valence-electron chi connectivity index (χ1n) is 6.83. The second-order valence-electron chi connectivity index (χ2n) is 5.29. The van der Waals surface area contributed by atoms with Crippen LogP contribution in [0.5, 0.6) is 0 Å². The number of carbonyl (C=O) groups excluding carboxylic acids is 1. The standard InChI is InChI=1S/C17H18FNO2/c1-11(2)14-5-4-12(3)16(10-14)19-21-17(20)13-6-8-15(18)9-7-13/h4,6-9,14H,1,5,10H2,2-3H3/b19-16-/t14-/m0/s1. The number of carbonyl (C=O) groups is 1. The molecule has 0 aliphatic heterocycles. The molecule has 0 saturated heterocycles. The SMILES string of the molecule is C=C(C)[C@H]1CC=C(C)/C(=N\OC(=O)c2ccc(F)cc2)C1. The maximum atomic E-state index is 12.8. The summed E-state index contributed by atoms with van der Waals surface area (Å²) in [5, 5.41) is 3.96.